The van der Waals surface area contributed by atoms with Crippen LogP contribution >= 0.6 is 11.3 Å². The van der Waals surface area contributed by atoms with Crippen LogP contribution in [-0.4, -0.2) is 67.0 Å². The van der Waals surface area contributed by atoms with Crippen molar-refractivity contribution in [2.24, 2.45) is 0 Å². The van der Waals surface area contributed by atoms with E-state index in [0.29, 0.717) is 26.1 Å². The van der Waals surface area contributed by atoms with Gasteiger partial charge in [0.05, 0.1) is 21.6 Å². The molecule has 0 radical (unpaired) electrons. The number of anilines is 2. The second-order valence-electron chi connectivity index (χ2n) is 10.4. The Labute approximate surface area is 210 Å². The Hall–Kier alpha value is -2.87. The molecule has 186 valence electrons. The summed E-state index contributed by atoms with van der Waals surface area (Å²) < 4.78 is 20.6. The Morgan fingerprint density at radius 2 is 1.77 bits per heavy atom. The minimum atomic E-state index is -0.766. The highest BCUT2D eigenvalue weighted by molar-refractivity contribution is 7.19. The molecule has 1 aromatic carbocycles. The summed E-state index contributed by atoms with van der Waals surface area (Å²) in [5, 5.41) is 0. The van der Waals surface area contributed by atoms with Gasteiger partial charge in [-0.1, -0.05) is 12.1 Å². The number of pyridine rings is 1. The summed E-state index contributed by atoms with van der Waals surface area (Å²) in [5.41, 5.74) is 4.67. The van der Waals surface area contributed by atoms with E-state index in [2.05, 4.69) is 53.1 Å². The van der Waals surface area contributed by atoms with Crippen molar-refractivity contribution in [2.45, 2.75) is 45.9 Å². The molecule has 0 saturated carbocycles. The van der Waals surface area contributed by atoms with Crippen LogP contribution in [0.1, 0.15) is 32.1 Å². The van der Waals surface area contributed by atoms with Crippen molar-refractivity contribution in [1.82, 2.24) is 9.88 Å². The molecule has 0 bridgehead atoms. The Morgan fingerprint density at radius 1 is 1.06 bits per heavy atom. The predicted octanol–water partition coefficient (Wildman–Crippen LogP) is 5.88. The number of nitrogens with zero attached hydrogens (tertiary/aromatic N) is 4. The zero-order chi connectivity index (χ0) is 24.7. The Bertz CT molecular complexity index is 1210. The molecule has 2 aromatic heterocycles. The first-order chi connectivity index (χ1) is 16.7. The molecule has 0 spiro atoms. The molecule has 8 heteroatoms. The van der Waals surface area contributed by atoms with E-state index in [-0.39, 0.29) is 6.09 Å². The zero-order valence-electron chi connectivity index (χ0n) is 20.9. The minimum absolute atomic E-state index is 0.245. The second kappa shape index (κ2) is 9.30. The number of carbonyl (C=O) groups excluding carboxylic acids is 1. The molecule has 2 aliphatic heterocycles. The van der Waals surface area contributed by atoms with Gasteiger partial charge >= 0.3 is 6.09 Å². The van der Waals surface area contributed by atoms with Gasteiger partial charge in [0, 0.05) is 55.4 Å². The van der Waals surface area contributed by atoms with E-state index in [1.54, 1.807) is 16.2 Å². The average Bonchev–Trinajstić information content (AvgIpc) is 3.42. The largest absolute Gasteiger partial charge is 0.444 e. The Morgan fingerprint density at radius 3 is 2.40 bits per heavy atom. The topological polar surface area (TPSA) is 48.9 Å². The monoisotopic (exact) mass is 496 g/mol. The first kappa shape index (κ1) is 23.9. The van der Waals surface area contributed by atoms with Gasteiger partial charge in [0.2, 0.25) is 0 Å². The summed E-state index contributed by atoms with van der Waals surface area (Å²) in [6.45, 7) is 11.8. The van der Waals surface area contributed by atoms with Crippen LogP contribution in [0.25, 0.3) is 21.5 Å². The molecular formula is C27H33FN4O2S. The normalized spacial score (nSPS) is 19.0. The first-order valence-electron chi connectivity index (χ1n) is 12.3. The molecule has 3 aromatic rings. The molecule has 2 fully saturated rings. The van der Waals surface area contributed by atoms with Crippen LogP contribution in [0.2, 0.25) is 0 Å². The highest BCUT2D eigenvalue weighted by Gasteiger charge is 2.27. The fourth-order valence-electron chi connectivity index (χ4n) is 4.76. The second-order valence-corrected chi connectivity index (χ2v) is 11.7. The number of ether oxygens (including phenoxy) is 1. The molecule has 1 amide bonds. The Kier molecular flexibility index (Phi) is 6.34. The summed E-state index contributed by atoms with van der Waals surface area (Å²) in [4.78, 5) is 24.7. The van der Waals surface area contributed by atoms with Crippen molar-refractivity contribution >= 4 is 39.0 Å². The number of rotatable bonds is 3. The lowest BCUT2D eigenvalue weighted by Crippen LogP contribution is -2.50. The molecule has 4 heterocycles. The van der Waals surface area contributed by atoms with E-state index in [4.69, 9.17) is 9.72 Å². The number of hydrogen-bond acceptors (Lipinski definition) is 6. The highest BCUT2D eigenvalue weighted by Crippen LogP contribution is 2.38. The number of aromatic nitrogens is 1. The number of piperazine rings is 1. The van der Waals surface area contributed by atoms with Crippen LogP contribution in [0.3, 0.4) is 0 Å². The molecule has 6 nitrogen and oxygen atoms in total. The van der Waals surface area contributed by atoms with Crippen molar-refractivity contribution in [3.63, 3.8) is 0 Å². The lowest BCUT2D eigenvalue weighted by molar-refractivity contribution is 0.0240. The summed E-state index contributed by atoms with van der Waals surface area (Å²) in [7, 11) is 0. The van der Waals surface area contributed by atoms with Gasteiger partial charge in [0.15, 0.2) is 0 Å². The third kappa shape index (κ3) is 5.22. The molecule has 35 heavy (non-hydrogen) atoms. The average molecular weight is 497 g/mol. The minimum Gasteiger partial charge on any atom is -0.444 e. The van der Waals surface area contributed by atoms with E-state index >= 15 is 0 Å². The Balaban J connectivity index is 1.32. The van der Waals surface area contributed by atoms with Crippen LogP contribution < -0.4 is 9.80 Å². The summed E-state index contributed by atoms with van der Waals surface area (Å²) in [6.07, 6.45) is -0.428. The van der Waals surface area contributed by atoms with E-state index in [1.165, 1.54) is 4.88 Å². The summed E-state index contributed by atoms with van der Waals surface area (Å²) in [5.74, 6) is 0. The van der Waals surface area contributed by atoms with Gasteiger partial charge in [0.25, 0.3) is 0 Å². The number of benzene rings is 1. The van der Waals surface area contributed by atoms with Crippen LogP contribution in [-0.2, 0) is 4.74 Å². The molecule has 1 unspecified atom stereocenters. The van der Waals surface area contributed by atoms with Crippen molar-refractivity contribution in [3.8, 4) is 11.3 Å². The number of halogens is 1. The molecule has 2 aliphatic rings. The lowest BCUT2D eigenvalue weighted by Gasteiger charge is -2.36. The van der Waals surface area contributed by atoms with Crippen LogP contribution in [0.5, 0.6) is 0 Å². The third-order valence-electron chi connectivity index (χ3n) is 6.51. The van der Waals surface area contributed by atoms with Gasteiger partial charge in [-0.15, -0.1) is 11.3 Å². The van der Waals surface area contributed by atoms with Gasteiger partial charge in [-0.2, -0.15) is 0 Å². The van der Waals surface area contributed by atoms with E-state index in [1.807, 2.05) is 20.8 Å². The number of alkyl halides is 1. The van der Waals surface area contributed by atoms with Crippen LogP contribution in [0, 0.1) is 6.92 Å². The molecule has 5 rings (SSSR count). The van der Waals surface area contributed by atoms with E-state index < -0.39 is 11.8 Å². The fourth-order valence-corrected chi connectivity index (χ4v) is 5.75. The number of amides is 1. The van der Waals surface area contributed by atoms with E-state index in [9.17, 15) is 9.18 Å². The highest BCUT2D eigenvalue weighted by atomic mass is 32.1. The van der Waals surface area contributed by atoms with Gasteiger partial charge in [-0.3, -0.25) is 0 Å². The molecule has 0 N–H and O–H groups in total. The predicted molar refractivity (Wildman–Crippen MR) is 142 cm³/mol. The van der Waals surface area contributed by atoms with Crippen LogP contribution in [0.4, 0.5) is 20.6 Å². The summed E-state index contributed by atoms with van der Waals surface area (Å²) in [6, 6.07) is 12.7. The molecule has 1 atom stereocenters. The van der Waals surface area contributed by atoms with Gasteiger partial charge < -0.3 is 19.4 Å². The maximum absolute atomic E-state index is 14.0. The van der Waals surface area contributed by atoms with Crippen molar-refractivity contribution < 1.29 is 13.9 Å². The third-order valence-corrected chi connectivity index (χ3v) is 7.58. The van der Waals surface area contributed by atoms with Crippen molar-refractivity contribution in [1.29, 1.82) is 0 Å². The van der Waals surface area contributed by atoms with Crippen molar-refractivity contribution in [3.05, 3.63) is 41.3 Å². The van der Waals surface area contributed by atoms with Gasteiger partial charge in [0.1, 0.15) is 11.8 Å². The molecular weight excluding hydrogens is 463 g/mol. The standard InChI is InChI=1S/C27H33FN4O2S/c1-18-15-23-25(35-18)24(32-10-9-20(28)17-32)16-22(29-23)19-5-7-21(8-6-19)30-11-13-31(14-12-30)26(33)34-27(2,3)4/h5-8,15-16,20H,9-14,17H2,1-4H3. The van der Waals surface area contributed by atoms with Crippen molar-refractivity contribution in [2.75, 3.05) is 49.1 Å². The zero-order valence-corrected chi connectivity index (χ0v) is 21.7. The van der Waals surface area contributed by atoms with Gasteiger partial charge in [-0.05, 0) is 58.4 Å². The smallest absolute Gasteiger partial charge is 0.410 e. The molecule has 0 aliphatic carbocycles. The first-order valence-corrected chi connectivity index (χ1v) is 13.1. The quantitative estimate of drug-likeness (QED) is 0.453. The number of fused-ring (bicyclic) bond motifs is 1. The SMILES string of the molecule is Cc1cc2nc(-c3ccc(N4CCN(C(=O)OC(C)(C)C)CC4)cc3)cc(N3CCC(F)C3)c2s1. The van der Waals surface area contributed by atoms with Gasteiger partial charge in [-0.25, -0.2) is 14.2 Å². The number of thiophene rings is 1. The summed E-state index contributed by atoms with van der Waals surface area (Å²) >= 11 is 1.73. The molecule has 2 saturated heterocycles. The lowest BCUT2D eigenvalue weighted by atomic mass is 10.1. The number of aryl methyl sites for hydroxylation is 1. The fraction of sp³-hybridized carbons (Fsp3) is 0.481. The number of carbonyl (C=O) groups is 1. The van der Waals surface area contributed by atoms with Crippen LogP contribution in [0.15, 0.2) is 36.4 Å². The number of hydrogen-bond donors (Lipinski definition) is 0. The maximum atomic E-state index is 14.0. The maximum Gasteiger partial charge on any atom is 0.410 e. The van der Waals surface area contributed by atoms with E-state index in [0.717, 1.165) is 52.5 Å².